The van der Waals surface area contributed by atoms with Crippen LogP contribution >= 0.6 is 0 Å². The number of rotatable bonds is 10. The van der Waals surface area contributed by atoms with E-state index >= 15 is 0 Å². The molecule has 0 aliphatic rings. The van der Waals surface area contributed by atoms with Crippen molar-refractivity contribution >= 4 is 43.9 Å². The summed E-state index contributed by atoms with van der Waals surface area (Å²) in [7, 11) is 0.0398. The Hall–Kier alpha value is -4.68. The maximum absolute atomic E-state index is 13.2. The fourth-order valence-corrected chi connectivity index (χ4v) is 5.29. The second kappa shape index (κ2) is 12.2. The summed E-state index contributed by atoms with van der Waals surface area (Å²) in [4.78, 5) is 13.2. The lowest BCUT2D eigenvalue weighted by Gasteiger charge is -2.17. The second-order valence-electron chi connectivity index (χ2n) is 9.11. The van der Waals surface area contributed by atoms with Gasteiger partial charge in [-0.1, -0.05) is 25.1 Å². The number of ether oxygens (including phenoxy) is 3. The molecule has 0 bridgehead atoms. The zero-order valence-electron chi connectivity index (χ0n) is 22.8. The normalized spacial score (nSPS) is 12.3. The monoisotopic (exact) mass is 579 g/mol. The number of para-hydroxylation sites is 1. The molecule has 0 spiro atoms. The van der Waals surface area contributed by atoms with Crippen molar-refractivity contribution in [1.29, 1.82) is 0 Å². The molecule has 4 aromatic carbocycles. The van der Waals surface area contributed by atoms with E-state index in [0.29, 0.717) is 45.0 Å². The molecule has 214 valence electrons. The Morgan fingerprint density at radius 2 is 1.46 bits per heavy atom. The van der Waals surface area contributed by atoms with E-state index in [1.807, 2.05) is 0 Å². The molecule has 3 N–H and O–H groups in total. The summed E-state index contributed by atoms with van der Waals surface area (Å²) in [5.74, 6) is -0.897. The van der Waals surface area contributed by atoms with Crippen LogP contribution in [0.1, 0.15) is 28.8 Å². The Labute approximate surface area is 237 Å². The van der Waals surface area contributed by atoms with Crippen molar-refractivity contribution in [2.75, 3.05) is 32.4 Å². The van der Waals surface area contributed by atoms with Crippen molar-refractivity contribution in [3.63, 3.8) is 0 Å². The van der Waals surface area contributed by atoms with Crippen LogP contribution in [-0.2, 0) is 10.1 Å². The van der Waals surface area contributed by atoms with Crippen LogP contribution in [0.25, 0.3) is 10.8 Å². The molecule has 1 atom stereocenters. The molecule has 0 radical (unpaired) electrons. The van der Waals surface area contributed by atoms with Gasteiger partial charge in [-0.05, 0) is 65.4 Å². The van der Waals surface area contributed by atoms with Crippen LogP contribution in [0.4, 0.5) is 17.1 Å². The highest BCUT2D eigenvalue weighted by molar-refractivity contribution is 7.85. The zero-order valence-corrected chi connectivity index (χ0v) is 23.6. The quantitative estimate of drug-likeness (QED) is 0.147. The maximum Gasteiger partial charge on any atom is 0.265 e. The van der Waals surface area contributed by atoms with Gasteiger partial charge in [-0.25, -0.2) is 0 Å². The minimum Gasteiger partial charge on any atom is -0.505 e. The Morgan fingerprint density at radius 3 is 2.10 bits per heavy atom. The zero-order chi connectivity index (χ0) is 29.7. The van der Waals surface area contributed by atoms with Crippen molar-refractivity contribution < 1.29 is 37.1 Å². The van der Waals surface area contributed by atoms with Crippen molar-refractivity contribution in [3.8, 4) is 23.0 Å². The van der Waals surface area contributed by atoms with E-state index in [0.717, 1.165) is 0 Å². The predicted molar refractivity (Wildman–Crippen MR) is 155 cm³/mol. The number of aromatic hydroxyl groups is 1. The van der Waals surface area contributed by atoms with Gasteiger partial charge < -0.3 is 24.6 Å². The van der Waals surface area contributed by atoms with Crippen LogP contribution in [0, 0.1) is 0 Å². The second-order valence-corrected chi connectivity index (χ2v) is 10.6. The number of amides is 1. The molecule has 12 heteroatoms. The number of hydrogen-bond acceptors (Lipinski definition) is 9. The largest absolute Gasteiger partial charge is 0.505 e. The number of methoxy groups -OCH3 is 3. The third kappa shape index (κ3) is 6.56. The van der Waals surface area contributed by atoms with Crippen molar-refractivity contribution in [2.45, 2.75) is 12.8 Å². The SMILES string of the molecule is COc1ccccc1N=Nc1cc(C(C)CS(=O)(=O)O)c2cc(NC(=O)c3c(OC)cccc3OC)ccc2c1O. The summed E-state index contributed by atoms with van der Waals surface area (Å²) in [5.41, 5.74) is 1.50. The summed E-state index contributed by atoms with van der Waals surface area (Å²) in [5, 5.41) is 23.1. The Bertz CT molecular complexity index is 1720. The number of phenolic OH excluding ortho intramolecular Hbond substituents is 1. The van der Waals surface area contributed by atoms with Crippen LogP contribution < -0.4 is 19.5 Å². The molecule has 11 nitrogen and oxygen atoms in total. The number of benzene rings is 4. The molecule has 4 rings (SSSR count). The molecule has 0 aromatic heterocycles. The van der Waals surface area contributed by atoms with E-state index in [9.17, 15) is 22.9 Å². The molecule has 41 heavy (non-hydrogen) atoms. The molecule has 0 aliphatic carbocycles. The number of hydrogen-bond donors (Lipinski definition) is 3. The lowest BCUT2D eigenvalue weighted by molar-refractivity contribution is 0.102. The van der Waals surface area contributed by atoms with Crippen LogP contribution in [0.3, 0.4) is 0 Å². The number of azo groups is 1. The molecule has 0 saturated carbocycles. The fraction of sp³-hybridized carbons (Fsp3) is 0.207. The van der Waals surface area contributed by atoms with Gasteiger partial charge in [0.1, 0.15) is 34.2 Å². The fourth-order valence-electron chi connectivity index (χ4n) is 4.48. The van der Waals surface area contributed by atoms with Crippen LogP contribution in [0.2, 0.25) is 0 Å². The van der Waals surface area contributed by atoms with Gasteiger partial charge in [0.2, 0.25) is 0 Å². The molecule has 4 aromatic rings. The summed E-state index contributed by atoms with van der Waals surface area (Å²) in [6.07, 6.45) is 0. The Balaban J connectivity index is 1.81. The molecule has 1 amide bonds. The first-order chi connectivity index (χ1) is 19.6. The molecule has 0 fully saturated rings. The van der Waals surface area contributed by atoms with E-state index in [1.54, 1.807) is 67.6 Å². The van der Waals surface area contributed by atoms with E-state index in [-0.39, 0.29) is 17.0 Å². The highest BCUT2D eigenvalue weighted by Crippen LogP contribution is 2.42. The first-order valence-corrected chi connectivity index (χ1v) is 14.0. The van der Waals surface area contributed by atoms with Crippen molar-refractivity contribution in [3.05, 3.63) is 77.9 Å². The minimum absolute atomic E-state index is 0.0798. The number of fused-ring (bicyclic) bond motifs is 1. The van der Waals surface area contributed by atoms with E-state index in [4.69, 9.17) is 14.2 Å². The van der Waals surface area contributed by atoms with Gasteiger partial charge in [-0.3, -0.25) is 9.35 Å². The summed E-state index contributed by atoms with van der Waals surface area (Å²) < 4.78 is 49.0. The third-order valence-electron chi connectivity index (χ3n) is 6.38. The lowest BCUT2D eigenvalue weighted by Crippen LogP contribution is -2.15. The minimum atomic E-state index is -4.34. The van der Waals surface area contributed by atoms with Crippen LogP contribution in [0.5, 0.6) is 23.0 Å². The van der Waals surface area contributed by atoms with Gasteiger partial charge in [0.15, 0.2) is 5.75 Å². The summed E-state index contributed by atoms with van der Waals surface area (Å²) >= 11 is 0. The van der Waals surface area contributed by atoms with Gasteiger partial charge in [0.25, 0.3) is 16.0 Å². The van der Waals surface area contributed by atoms with Crippen LogP contribution in [0.15, 0.2) is 77.0 Å². The van der Waals surface area contributed by atoms with Gasteiger partial charge in [-0.2, -0.15) is 8.42 Å². The molecule has 0 heterocycles. The lowest BCUT2D eigenvalue weighted by atomic mass is 9.94. The predicted octanol–water partition coefficient (Wildman–Crippen LogP) is 6.23. The van der Waals surface area contributed by atoms with Gasteiger partial charge in [-0.15, -0.1) is 10.2 Å². The highest BCUT2D eigenvalue weighted by Gasteiger charge is 2.22. The van der Waals surface area contributed by atoms with E-state index in [2.05, 4.69) is 15.5 Å². The van der Waals surface area contributed by atoms with Crippen molar-refractivity contribution in [2.24, 2.45) is 10.2 Å². The standard InChI is InChI=1S/C29H29N3O8S/c1-17(16-41(35,36)37)20-15-23(32-31-22-8-5-6-9-24(22)38-2)28(33)19-13-12-18(14-21(19)20)30-29(34)27-25(39-3)10-7-11-26(27)40-4/h5-15,17,33H,16H2,1-4H3,(H,30,34)(H,35,36,37). The average Bonchev–Trinajstić information content (AvgIpc) is 2.95. The topological polar surface area (TPSA) is 156 Å². The number of phenols is 1. The Morgan fingerprint density at radius 1 is 0.854 bits per heavy atom. The van der Waals surface area contributed by atoms with E-state index in [1.165, 1.54) is 27.4 Å². The molecule has 1 unspecified atom stereocenters. The van der Waals surface area contributed by atoms with Gasteiger partial charge >= 0.3 is 0 Å². The number of carbonyl (C=O) groups is 1. The van der Waals surface area contributed by atoms with E-state index < -0.39 is 27.7 Å². The maximum atomic E-state index is 13.2. The highest BCUT2D eigenvalue weighted by atomic mass is 32.2. The molecule has 0 saturated heterocycles. The smallest absolute Gasteiger partial charge is 0.265 e. The van der Waals surface area contributed by atoms with Gasteiger partial charge in [0.05, 0.1) is 27.1 Å². The molecular weight excluding hydrogens is 550 g/mol. The van der Waals surface area contributed by atoms with Crippen molar-refractivity contribution in [1.82, 2.24) is 0 Å². The summed E-state index contributed by atoms with van der Waals surface area (Å²) in [6, 6.07) is 18.2. The van der Waals surface area contributed by atoms with Crippen LogP contribution in [-0.4, -0.2) is 51.1 Å². The average molecular weight is 580 g/mol. The number of nitrogens with one attached hydrogen (secondary N) is 1. The number of nitrogens with zero attached hydrogens (tertiary/aromatic N) is 2. The summed E-state index contributed by atoms with van der Waals surface area (Å²) in [6.45, 7) is 1.62. The first kappa shape index (κ1) is 29.3. The molecule has 0 aliphatic heterocycles. The molecular formula is C29H29N3O8S. The third-order valence-corrected chi connectivity index (χ3v) is 7.30. The number of carbonyl (C=O) groups excluding carboxylic acids is 1. The number of anilines is 1. The van der Waals surface area contributed by atoms with Gasteiger partial charge in [0, 0.05) is 11.1 Å². The Kier molecular flexibility index (Phi) is 8.74. The first-order valence-electron chi connectivity index (χ1n) is 12.4.